The maximum atomic E-state index is 5.61. The number of nitrogens with one attached hydrogen (secondary N) is 1. The van der Waals surface area contributed by atoms with Crippen molar-refractivity contribution >= 4 is 16.6 Å². The third-order valence-corrected chi connectivity index (χ3v) is 4.02. The van der Waals surface area contributed by atoms with Crippen molar-refractivity contribution in [3.63, 3.8) is 0 Å². The summed E-state index contributed by atoms with van der Waals surface area (Å²) in [6, 6.07) is 10.5. The van der Waals surface area contributed by atoms with Gasteiger partial charge in [0.15, 0.2) is 0 Å². The van der Waals surface area contributed by atoms with Crippen molar-refractivity contribution < 1.29 is 4.74 Å². The van der Waals surface area contributed by atoms with Crippen LogP contribution in [-0.4, -0.2) is 24.2 Å². The van der Waals surface area contributed by atoms with Crippen LogP contribution in [0.25, 0.3) is 10.9 Å². The fourth-order valence-corrected chi connectivity index (χ4v) is 2.98. The standard InChI is InChI=1S/C17H22N2O/c1-12-9-17(15-5-3-4-6-16(15)19-12)18-11-14-7-8-20-13(2)10-14/h3-6,9,13-14H,7-8,10-11H2,1-2H3,(H,18,19)/t13-,14-/m1/s1. The van der Waals surface area contributed by atoms with E-state index in [0.717, 1.165) is 37.2 Å². The number of anilines is 1. The van der Waals surface area contributed by atoms with Gasteiger partial charge in [-0.1, -0.05) is 18.2 Å². The van der Waals surface area contributed by atoms with Crippen molar-refractivity contribution in [1.29, 1.82) is 0 Å². The lowest BCUT2D eigenvalue weighted by molar-refractivity contribution is 0.00559. The quantitative estimate of drug-likeness (QED) is 0.922. The Labute approximate surface area is 120 Å². The largest absolute Gasteiger partial charge is 0.384 e. The van der Waals surface area contributed by atoms with Crippen molar-refractivity contribution in [2.45, 2.75) is 32.8 Å². The topological polar surface area (TPSA) is 34.1 Å². The van der Waals surface area contributed by atoms with Crippen LogP contribution in [0.5, 0.6) is 0 Å². The zero-order valence-electron chi connectivity index (χ0n) is 12.2. The molecule has 1 aromatic carbocycles. The lowest BCUT2D eigenvalue weighted by Crippen LogP contribution is -2.27. The molecule has 0 amide bonds. The van der Waals surface area contributed by atoms with Gasteiger partial charge < -0.3 is 10.1 Å². The van der Waals surface area contributed by atoms with Gasteiger partial charge in [-0.3, -0.25) is 4.98 Å². The number of hydrogen-bond acceptors (Lipinski definition) is 3. The van der Waals surface area contributed by atoms with E-state index in [1.54, 1.807) is 0 Å². The summed E-state index contributed by atoms with van der Waals surface area (Å²) >= 11 is 0. The maximum absolute atomic E-state index is 5.61. The van der Waals surface area contributed by atoms with E-state index >= 15 is 0 Å². The summed E-state index contributed by atoms with van der Waals surface area (Å²) in [5, 5.41) is 4.83. The van der Waals surface area contributed by atoms with Crippen molar-refractivity contribution in [2.75, 3.05) is 18.5 Å². The van der Waals surface area contributed by atoms with Gasteiger partial charge in [0, 0.05) is 29.9 Å². The molecule has 1 saturated heterocycles. The summed E-state index contributed by atoms with van der Waals surface area (Å²) < 4.78 is 5.61. The Balaban J connectivity index is 1.77. The number of hydrogen-bond donors (Lipinski definition) is 1. The number of para-hydroxylation sites is 1. The predicted molar refractivity (Wildman–Crippen MR) is 83.1 cm³/mol. The molecule has 1 aliphatic rings. The zero-order valence-corrected chi connectivity index (χ0v) is 12.2. The third-order valence-electron chi connectivity index (χ3n) is 4.02. The minimum atomic E-state index is 0.395. The van der Waals surface area contributed by atoms with Gasteiger partial charge in [-0.15, -0.1) is 0 Å². The average molecular weight is 270 g/mol. The molecule has 2 atom stereocenters. The van der Waals surface area contributed by atoms with E-state index in [4.69, 9.17) is 4.74 Å². The highest BCUT2D eigenvalue weighted by molar-refractivity contribution is 5.91. The van der Waals surface area contributed by atoms with E-state index in [-0.39, 0.29) is 0 Å². The van der Waals surface area contributed by atoms with Crippen molar-refractivity contribution in [2.24, 2.45) is 5.92 Å². The van der Waals surface area contributed by atoms with Gasteiger partial charge in [0.1, 0.15) is 0 Å². The number of nitrogens with zero attached hydrogens (tertiary/aromatic N) is 1. The van der Waals surface area contributed by atoms with Crippen LogP contribution in [0.15, 0.2) is 30.3 Å². The molecule has 0 radical (unpaired) electrons. The molecule has 1 fully saturated rings. The number of pyridine rings is 1. The normalized spacial score (nSPS) is 22.9. The van der Waals surface area contributed by atoms with Crippen LogP contribution >= 0.6 is 0 Å². The summed E-state index contributed by atoms with van der Waals surface area (Å²) in [7, 11) is 0. The maximum Gasteiger partial charge on any atom is 0.0725 e. The summed E-state index contributed by atoms with van der Waals surface area (Å²) in [4.78, 5) is 4.58. The highest BCUT2D eigenvalue weighted by atomic mass is 16.5. The van der Waals surface area contributed by atoms with E-state index in [2.05, 4.69) is 41.5 Å². The highest BCUT2D eigenvalue weighted by Crippen LogP contribution is 2.25. The Morgan fingerprint density at radius 3 is 3.05 bits per heavy atom. The summed E-state index contributed by atoms with van der Waals surface area (Å²) in [6.07, 6.45) is 2.69. The SMILES string of the molecule is Cc1cc(NC[C@@H]2CCO[C@H](C)C2)c2ccccc2n1. The number of benzene rings is 1. The van der Waals surface area contributed by atoms with Gasteiger partial charge in [-0.25, -0.2) is 0 Å². The molecule has 3 nitrogen and oxygen atoms in total. The summed E-state index contributed by atoms with van der Waals surface area (Å²) in [6.45, 7) is 6.12. The Bertz CT molecular complexity index is 597. The smallest absolute Gasteiger partial charge is 0.0725 e. The van der Waals surface area contributed by atoms with E-state index in [0.29, 0.717) is 12.0 Å². The highest BCUT2D eigenvalue weighted by Gasteiger charge is 2.19. The predicted octanol–water partition coefficient (Wildman–Crippen LogP) is 3.77. The van der Waals surface area contributed by atoms with E-state index in [1.807, 2.05) is 13.0 Å². The van der Waals surface area contributed by atoms with Crippen molar-refractivity contribution in [3.8, 4) is 0 Å². The number of aromatic nitrogens is 1. The second-order valence-corrected chi connectivity index (χ2v) is 5.78. The van der Waals surface area contributed by atoms with Crippen LogP contribution < -0.4 is 5.32 Å². The fraction of sp³-hybridized carbons (Fsp3) is 0.471. The molecule has 1 N–H and O–H groups in total. The van der Waals surface area contributed by atoms with Gasteiger partial charge in [0.05, 0.1) is 11.6 Å². The molecule has 20 heavy (non-hydrogen) atoms. The Hall–Kier alpha value is -1.61. The van der Waals surface area contributed by atoms with Crippen LogP contribution in [0.4, 0.5) is 5.69 Å². The second kappa shape index (κ2) is 5.80. The van der Waals surface area contributed by atoms with Gasteiger partial charge in [-0.05, 0) is 44.7 Å². The number of ether oxygens (including phenoxy) is 1. The van der Waals surface area contributed by atoms with Crippen LogP contribution in [-0.2, 0) is 4.74 Å². The van der Waals surface area contributed by atoms with E-state index in [9.17, 15) is 0 Å². The second-order valence-electron chi connectivity index (χ2n) is 5.78. The van der Waals surface area contributed by atoms with E-state index in [1.165, 1.54) is 11.1 Å². The Kier molecular flexibility index (Phi) is 3.88. The van der Waals surface area contributed by atoms with Gasteiger partial charge in [0.25, 0.3) is 0 Å². The lowest BCUT2D eigenvalue weighted by Gasteiger charge is -2.27. The van der Waals surface area contributed by atoms with Crippen LogP contribution in [0, 0.1) is 12.8 Å². The first-order chi connectivity index (χ1) is 9.72. The van der Waals surface area contributed by atoms with Gasteiger partial charge in [-0.2, -0.15) is 0 Å². The molecule has 1 aromatic heterocycles. The van der Waals surface area contributed by atoms with Crippen LogP contribution in [0.2, 0.25) is 0 Å². The molecular formula is C17H22N2O. The minimum absolute atomic E-state index is 0.395. The molecule has 0 bridgehead atoms. The number of aryl methyl sites for hydroxylation is 1. The summed E-state index contributed by atoms with van der Waals surface area (Å²) in [5.41, 5.74) is 3.33. The molecule has 3 heteroatoms. The molecule has 0 aliphatic carbocycles. The molecule has 0 saturated carbocycles. The fourth-order valence-electron chi connectivity index (χ4n) is 2.98. The monoisotopic (exact) mass is 270 g/mol. The van der Waals surface area contributed by atoms with Crippen LogP contribution in [0.3, 0.4) is 0 Å². The molecule has 2 aromatic rings. The van der Waals surface area contributed by atoms with Gasteiger partial charge >= 0.3 is 0 Å². The lowest BCUT2D eigenvalue weighted by atomic mass is 9.96. The third kappa shape index (κ3) is 2.93. The van der Waals surface area contributed by atoms with E-state index < -0.39 is 0 Å². The Morgan fingerprint density at radius 2 is 2.20 bits per heavy atom. The Morgan fingerprint density at radius 1 is 1.35 bits per heavy atom. The van der Waals surface area contributed by atoms with Crippen LogP contribution in [0.1, 0.15) is 25.5 Å². The first-order valence-corrected chi connectivity index (χ1v) is 7.44. The molecule has 1 aliphatic heterocycles. The zero-order chi connectivity index (χ0) is 13.9. The van der Waals surface area contributed by atoms with Crippen molar-refractivity contribution in [3.05, 3.63) is 36.0 Å². The average Bonchev–Trinajstić information content (AvgIpc) is 2.44. The molecule has 0 unspecified atom stereocenters. The number of rotatable bonds is 3. The number of fused-ring (bicyclic) bond motifs is 1. The first-order valence-electron chi connectivity index (χ1n) is 7.44. The van der Waals surface area contributed by atoms with Gasteiger partial charge in [0.2, 0.25) is 0 Å². The first kappa shape index (κ1) is 13.4. The molecule has 2 heterocycles. The molecular weight excluding hydrogens is 248 g/mol. The molecule has 3 rings (SSSR count). The minimum Gasteiger partial charge on any atom is -0.384 e. The molecule has 106 valence electrons. The molecule has 0 spiro atoms. The summed E-state index contributed by atoms with van der Waals surface area (Å²) in [5.74, 6) is 0.700. The van der Waals surface area contributed by atoms with Crippen molar-refractivity contribution in [1.82, 2.24) is 4.98 Å².